The second-order valence-corrected chi connectivity index (χ2v) is 7.74. The van der Waals surface area contributed by atoms with Crippen molar-refractivity contribution in [3.05, 3.63) is 101 Å². The minimum atomic E-state index is -0.615. The average molecular weight is 454 g/mol. The number of nitrogens with one attached hydrogen (secondary N) is 1. The minimum Gasteiger partial charge on any atom is -0.322 e. The molecule has 0 aliphatic heterocycles. The minimum absolute atomic E-state index is 0.0109. The first-order valence-electron chi connectivity index (χ1n) is 10.5. The summed E-state index contributed by atoms with van der Waals surface area (Å²) < 4.78 is 18.1. The molecule has 0 fully saturated rings. The Morgan fingerprint density at radius 1 is 1.06 bits per heavy atom. The number of hydrogen-bond acceptors (Lipinski definition) is 5. The van der Waals surface area contributed by atoms with E-state index in [1.165, 1.54) is 16.8 Å². The standard InChI is InChI=1S/C25H19FN6O2/c1-15-22(25(34)32(31(15)2)18-6-4-3-5-7-18)24(33)29-17-8-9-20(21(26)12-17)23-19-10-11-27-13-16(19)14-28-30-23/h3-14H,1-2H3,(H,29,33). The summed E-state index contributed by atoms with van der Waals surface area (Å²) in [4.78, 5) is 30.1. The lowest BCUT2D eigenvalue weighted by Gasteiger charge is -2.09. The number of pyridine rings is 1. The summed E-state index contributed by atoms with van der Waals surface area (Å²) in [6, 6.07) is 15.0. The Morgan fingerprint density at radius 2 is 1.85 bits per heavy atom. The van der Waals surface area contributed by atoms with Gasteiger partial charge >= 0.3 is 0 Å². The molecule has 3 aromatic heterocycles. The Morgan fingerprint density at radius 3 is 2.62 bits per heavy atom. The molecule has 0 saturated carbocycles. The van der Waals surface area contributed by atoms with Crippen molar-refractivity contribution >= 4 is 22.4 Å². The molecule has 0 atom stereocenters. The Hall–Kier alpha value is -4.66. The van der Waals surface area contributed by atoms with E-state index < -0.39 is 17.3 Å². The third kappa shape index (κ3) is 3.53. The normalized spacial score (nSPS) is 11.0. The first-order chi connectivity index (χ1) is 16.5. The van der Waals surface area contributed by atoms with Crippen LogP contribution in [0.25, 0.3) is 27.7 Å². The fourth-order valence-corrected chi connectivity index (χ4v) is 3.94. The molecule has 8 nitrogen and oxygen atoms in total. The summed E-state index contributed by atoms with van der Waals surface area (Å²) in [7, 11) is 1.70. The van der Waals surface area contributed by atoms with Crippen molar-refractivity contribution in [2.75, 3.05) is 5.32 Å². The number of nitrogens with zero attached hydrogens (tertiary/aromatic N) is 5. The van der Waals surface area contributed by atoms with Crippen LogP contribution in [0.4, 0.5) is 10.1 Å². The van der Waals surface area contributed by atoms with Gasteiger partial charge in [0.25, 0.3) is 11.5 Å². The number of fused-ring (bicyclic) bond motifs is 1. The van der Waals surface area contributed by atoms with Crippen molar-refractivity contribution in [2.45, 2.75) is 6.92 Å². The third-order valence-corrected chi connectivity index (χ3v) is 5.72. The summed E-state index contributed by atoms with van der Waals surface area (Å²) in [5, 5.41) is 12.1. The van der Waals surface area contributed by atoms with E-state index in [-0.39, 0.29) is 16.8 Å². The van der Waals surface area contributed by atoms with Crippen LogP contribution in [0.1, 0.15) is 16.1 Å². The van der Waals surface area contributed by atoms with E-state index in [1.54, 1.807) is 61.5 Å². The Balaban J connectivity index is 1.48. The van der Waals surface area contributed by atoms with Crippen LogP contribution >= 0.6 is 0 Å². The molecule has 0 unspecified atom stereocenters. The van der Waals surface area contributed by atoms with Crippen molar-refractivity contribution < 1.29 is 9.18 Å². The molecular weight excluding hydrogens is 435 g/mol. The lowest BCUT2D eigenvalue weighted by Crippen LogP contribution is -2.25. The van der Waals surface area contributed by atoms with Gasteiger partial charge in [0.2, 0.25) is 0 Å². The highest BCUT2D eigenvalue weighted by Crippen LogP contribution is 2.29. The van der Waals surface area contributed by atoms with Gasteiger partial charge in [0, 0.05) is 41.5 Å². The molecule has 5 aromatic rings. The molecule has 0 saturated heterocycles. The molecule has 3 heterocycles. The van der Waals surface area contributed by atoms with Crippen molar-refractivity contribution in [1.82, 2.24) is 24.5 Å². The number of carbonyl (C=O) groups is 1. The monoisotopic (exact) mass is 454 g/mol. The first-order valence-corrected chi connectivity index (χ1v) is 10.5. The zero-order chi connectivity index (χ0) is 23.8. The van der Waals surface area contributed by atoms with Crippen molar-refractivity contribution in [2.24, 2.45) is 7.05 Å². The van der Waals surface area contributed by atoms with Gasteiger partial charge in [-0.1, -0.05) is 18.2 Å². The van der Waals surface area contributed by atoms with E-state index in [2.05, 4.69) is 20.5 Å². The van der Waals surface area contributed by atoms with Crippen LogP contribution in [0.3, 0.4) is 0 Å². The smallest absolute Gasteiger partial charge is 0.284 e. The molecule has 0 radical (unpaired) electrons. The maximum absolute atomic E-state index is 15.1. The topological polar surface area (TPSA) is 94.7 Å². The predicted octanol–water partition coefficient (Wildman–Crippen LogP) is 3.88. The van der Waals surface area contributed by atoms with Crippen molar-refractivity contribution in [1.29, 1.82) is 0 Å². The number of hydrogen-bond donors (Lipinski definition) is 1. The fourth-order valence-electron chi connectivity index (χ4n) is 3.94. The van der Waals surface area contributed by atoms with Gasteiger partial charge in [-0.15, -0.1) is 5.10 Å². The number of amides is 1. The molecule has 2 aromatic carbocycles. The maximum atomic E-state index is 15.1. The lowest BCUT2D eigenvalue weighted by molar-refractivity contribution is 0.102. The fraction of sp³-hybridized carbons (Fsp3) is 0.0800. The van der Waals surface area contributed by atoms with Crippen LogP contribution in [-0.4, -0.2) is 30.5 Å². The van der Waals surface area contributed by atoms with Gasteiger partial charge in [-0.3, -0.25) is 19.3 Å². The van der Waals surface area contributed by atoms with E-state index >= 15 is 4.39 Å². The zero-order valence-electron chi connectivity index (χ0n) is 18.4. The Labute approximate surface area is 193 Å². The second-order valence-electron chi connectivity index (χ2n) is 7.74. The molecule has 34 heavy (non-hydrogen) atoms. The quantitative estimate of drug-likeness (QED) is 0.445. The summed E-state index contributed by atoms with van der Waals surface area (Å²) in [6.45, 7) is 1.69. The molecule has 0 spiro atoms. The average Bonchev–Trinajstić information content (AvgIpc) is 3.07. The number of anilines is 1. The van der Waals surface area contributed by atoms with Crippen LogP contribution in [0.5, 0.6) is 0 Å². The van der Waals surface area contributed by atoms with Crippen LogP contribution < -0.4 is 10.9 Å². The highest BCUT2D eigenvalue weighted by molar-refractivity contribution is 6.05. The predicted molar refractivity (Wildman–Crippen MR) is 126 cm³/mol. The third-order valence-electron chi connectivity index (χ3n) is 5.72. The number of rotatable bonds is 4. The number of aromatic nitrogens is 5. The summed E-state index contributed by atoms with van der Waals surface area (Å²) in [5.74, 6) is -1.20. The van der Waals surface area contributed by atoms with Gasteiger partial charge in [-0.2, -0.15) is 5.10 Å². The van der Waals surface area contributed by atoms with Gasteiger partial charge in [-0.05, 0) is 43.3 Å². The summed E-state index contributed by atoms with van der Waals surface area (Å²) in [6.07, 6.45) is 4.79. The second kappa shape index (κ2) is 8.36. The number of carbonyl (C=O) groups excluding carboxylic acids is 1. The van der Waals surface area contributed by atoms with Gasteiger partial charge in [0.05, 0.1) is 17.6 Å². The SMILES string of the molecule is Cc1c(C(=O)Nc2ccc(-c3nncc4cnccc34)c(F)c2)c(=O)n(-c2ccccc2)n1C. The molecular formula is C25H19FN6O2. The van der Waals surface area contributed by atoms with Crippen molar-refractivity contribution in [3.8, 4) is 16.9 Å². The lowest BCUT2D eigenvalue weighted by atomic mass is 10.1. The van der Waals surface area contributed by atoms with Gasteiger partial charge in [0.15, 0.2) is 0 Å². The highest BCUT2D eigenvalue weighted by Gasteiger charge is 2.22. The Bertz CT molecular complexity index is 1600. The van der Waals surface area contributed by atoms with Crippen LogP contribution in [-0.2, 0) is 7.05 Å². The number of halogens is 1. The molecule has 0 bridgehead atoms. The van der Waals surface area contributed by atoms with E-state index in [4.69, 9.17) is 0 Å². The zero-order valence-corrected chi connectivity index (χ0v) is 18.4. The summed E-state index contributed by atoms with van der Waals surface area (Å²) >= 11 is 0. The molecule has 5 rings (SSSR count). The van der Waals surface area contributed by atoms with E-state index in [9.17, 15) is 9.59 Å². The van der Waals surface area contributed by atoms with Crippen molar-refractivity contribution in [3.63, 3.8) is 0 Å². The van der Waals surface area contributed by atoms with Crippen LogP contribution in [0.2, 0.25) is 0 Å². The number of para-hydroxylation sites is 1. The highest BCUT2D eigenvalue weighted by atomic mass is 19.1. The van der Waals surface area contributed by atoms with Gasteiger partial charge in [-0.25, -0.2) is 9.07 Å². The largest absolute Gasteiger partial charge is 0.322 e. The maximum Gasteiger partial charge on any atom is 0.284 e. The summed E-state index contributed by atoms with van der Waals surface area (Å²) in [5.41, 5.74) is 1.49. The van der Waals surface area contributed by atoms with E-state index in [0.29, 0.717) is 22.5 Å². The first kappa shape index (κ1) is 21.2. The molecule has 168 valence electrons. The molecule has 1 N–H and O–H groups in total. The Kier molecular flexibility index (Phi) is 5.21. The van der Waals surface area contributed by atoms with E-state index in [1.807, 2.05) is 18.2 Å². The van der Waals surface area contributed by atoms with Gasteiger partial charge < -0.3 is 5.32 Å². The van der Waals surface area contributed by atoms with Gasteiger partial charge in [0.1, 0.15) is 17.1 Å². The molecule has 0 aliphatic rings. The molecule has 9 heteroatoms. The van der Waals surface area contributed by atoms with E-state index in [0.717, 1.165) is 5.39 Å². The van der Waals surface area contributed by atoms with Crippen LogP contribution in [0, 0.1) is 12.7 Å². The molecule has 0 aliphatic carbocycles. The molecule has 1 amide bonds. The number of benzene rings is 2. The van der Waals surface area contributed by atoms with Crippen LogP contribution in [0.15, 0.2) is 78.0 Å².